The zero-order valence-electron chi connectivity index (χ0n) is 10.4. The Morgan fingerprint density at radius 1 is 1.06 bits per heavy atom. The number of halogens is 1. The second-order valence-electron chi connectivity index (χ2n) is 6.01. The highest BCUT2D eigenvalue weighted by atomic mass is 35.5. The van der Waals surface area contributed by atoms with Gasteiger partial charge in [0.2, 0.25) is 5.24 Å². The van der Waals surface area contributed by atoms with Gasteiger partial charge in [0.25, 0.3) is 0 Å². The molecule has 3 aliphatic carbocycles. The Hall–Kier alpha value is -0.0400. The molecule has 2 heteroatoms. The summed E-state index contributed by atoms with van der Waals surface area (Å²) < 4.78 is 0. The number of hydrogen-bond donors (Lipinski definition) is 0. The van der Waals surface area contributed by atoms with Crippen LogP contribution in [0, 0.1) is 10.8 Å². The number of hydrogen-bond acceptors (Lipinski definition) is 1. The maximum absolute atomic E-state index is 11.5. The van der Waals surface area contributed by atoms with Gasteiger partial charge in [-0.15, -0.1) is 0 Å². The van der Waals surface area contributed by atoms with Gasteiger partial charge in [-0.05, 0) is 62.0 Å². The van der Waals surface area contributed by atoms with Gasteiger partial charge in [-0.25, -0.2) is 0 Å². The van der Waals surface area contributed by atoms with Crippen LogP contribution in [0.2, 0.25) is 0 Å². The topological polar surface area (TPSA) is 17.1 Å². The minimum absolute atomic E-state index is 0.0608. The van der Waals surface area contributed by atoms with Crippen LogP contribution in [0.4, 0.5) is 0 Å². The maximum Gasteiger partial charge on any atom is 0.227 e. The third kappa shape index (κ3) is 2.16. The zero-order chi connectivity index (χ0) is 11.6. The third-order valence-corrected chi connectivity index (χ3v) is 5.53. The molecule has 0 aromatic heterocycles. The van der Waals surface area contributed by atoms with Crippen molar-refractivity contribution in [1.82, 2.24) is 0 Å². The van der Waals surface area contributed by atoms with E-state index < -0.39 is 0 Å². The lowest BCUT2D eigenvalue weighted by molar-refractivity contribution is -0.129. The standard InChI is InChI=1S/C14H23ClO/c1-2-3-4-5-13-6-9-14(10-7-13,11-8-13)12(15)16/h2-11H2,1H3. The molecule has 0 unspecified atom stereocenters. The Bertz CT molecular complexity index is 247. The predicted molar refractivity (Wildman–Crippen MR) is 67.6 cm³/mol. The average molecular weight is 243 g/mol. The van der Waals surface area contributed by atoms with Gasteiger partial charge in [0.15, 0.2) is 0 Å². The summed E-state index contributed by atoms with van der Waals surface area (Å²) >= 11 is 5.77. The molecule has 0 radical (unpaired) electrons. The fourth-order valence-corrected chi connectivity index (χ4v) is 3.97. The van der Waals surface area contributed by atoms with Gasteiger partial charge >= 0.3 is 0 Å². The van der Waals surface area contributed by atoms with Crippen LogP contribution in [0.1, 0.15) is 71.1 Å². The summed E-state index contributed by atoms with van der Waals surface area (Å²) in [5.41, 5.74) is 0.470. The first-order valence-electron chi connectivity index (χ1n) is 6.83. The van der Waals surface area contributed by atoms with Crippen molar-refractivity contribution in [3.05, 3.63) is 0 Å². The summed E-state index contributed by atoms with van der Waals surface area (Å²) in [6, 6.07) is 0. The highest BCUT2D eigenvalue weighted by Crippen LogP contribution is 2.59. The Labute approximate surface area is 104 Å². The second-order valence-corrected chi connectivity index (χ2v) is 6.35. The number of carbonyl (C=O) groups is 1. The predicted octanol–water partition coefficient (Wildman–Crippen LogP) is 4.67. The molecule has 0 aromatic rings. The van der Waals surface area contributed by atoms with E-state index in [4.69, 9.17) is 11.6 Å². The molecule has 0 heterocycles. The smallest absolute Gasteiger partial charge is 0.227 e. The summed E-state index contributed by atoms with van der Waals surface area (Å²) in [6.45, 7) is 2.26. The largest absolute Gasteiger partial charge is 0.281 e. The van der Waals surface area contributed by atoms with Crippen molar-refractivity contribution in [2.24, 2.45) is 10.8 Å². The van der Waals surface area contributed by atoms with E-state index in [0.29, 0.717) is 5.41 Å². The molecule has 0 aromatic carbocycles. The first-order valence-corrected chi connectivity index (χ1v) is 7.20. The normalized spacial score (nSPS) is 37.6. The van der Waals surface area contributed by atoms with Gasteiger partial charge in [-0.1, -0.05) is 26.2 Å². The zero-order valence-corrected chi connectivity index (χ0v) is 11.1. The molecule has 3 saturated carbocycles. The highest BCUT2D eigenvalue weighted by molar-refractivity contribution is 6.64. The molecule has 0 saturated heterocycles. The molecule has 0 N–H and O–H groups in total. The minimum Gasteiger partial charge on any atom is -0.281 e. The van der Waals surface area contributed by atoms with E-state index in [9.17, 15) is 4.79 Å². The molecule has 92 valence electrons. The SMILES string of the molecule is CCCCCC12CCC(C(=O)Cl)(CC1)CC2. The summed E-state index contributed by atoms with van der Waals surface area (Å²) in [5.74, 6) is 0. The van der Waals surface area contributed by atoms with Crippen molar-refractivity contribution in [3.8, 4) is 0 Å². The van der Waals surface area contributed by atoms with Crippen LogP contribution in [0.3, 0.4) is 0 Å². The van der Waals surface area contributed by atoms with Crippen LogP contribution >= 0.6 is 11.6 Å². The van der Waals surface area contributed by atoms with Crippen molar-refractivity contribution >= 4 is 16.8 Å². The Balaban J connectivity index is 1.92. The van der Waals surface area contributed by atoms with Crippen molar-refractivity contribution < 1.29 is 4.79 Å². The number of carbonyl (C=O) groups excluding carboxylic acids is 1. The lowest BCUT2D eigenvalue weighted by atomic mass is 9.53. The van der Waals surface area contributed by atoms with Gasteiger partial charge in [0.1, 0.15) is 0 Å². The average Bonchev–Trinajstić information content (AvgIpc) is 2.31. The lowest BCUT2D eigenvalue weighted by Gasteiger charge is -2.52. The van der Waals surface area contributed by atoms with Crippen LogP contribution in [0.5, 0.6) is 0 Å². The van der Waals surface area contributed by atoms with Crippen molar-refractivity contribution in [3.63, 3.8) is 0 Å². The van der Waals surface area contributed by atoms with E-state index in [1.807, 2.05) is 0 Å². The molecule has 0 amide bonds. The molecular weight excluding hydrogens is 220 g/mol. The molecule has 3 aliphatic rings. The van der Waals surface area contributed by atoms with Gasteiger partial charge in [0.05, 0.1) is 0 Å². The van der Waals surface area contributed by atoms with E-state index in [2.05, 4.69) is 6.92 Å². The van der Waals surface area contributed by atoms with Crippen molar-refractivity contribution in [2.75, 3.05) is 0 Å². The third-order valence-electron chi connectivity index (χ3n) is 5.13. The lowest BCUT2D eigenvalue weighted by Crippen LogP contribution is -2.44. The highest BCUT2D eigenvalue weighted by Gasteiger charge is 2.51. The molecule has 16 heavy (non-hydrogen) atoms. The first-order chi connectivity index (χ1) is 7.63. The fourth-order valence-electron chi connectivity index (χ4n) is 3.68. The minimum atomic E-state index is -0.117. The Kier molecular flexibility index (Phi) is 3.63. The molecular formula is C14H23ClO. The quantitative estimate of drug-likeness (QED) is 0.506. The van der Waals surface area contributed by atoms with Crippen molar-refractivity contribution in [1.29, 1.82) is 0 Å². The molecule has 0 atom stereocenters. The van der Waals surface area contributed by atoms with Gasteiger partial charge < -0.3 is 0 Å². The van der Waals surface area contributed by atoms with E-state index in [-0.39, 0.29) is 10.7 Å². The van der Waals surface area contributed by atoms with Crippen LogP contribution in [-0.2, 0) is 4.79 Å². The van der Waals surface area contributed by atoms with Crippen LogP contribution < -0.4 is 0 Å². The van der Waals surface area contributed by atoms with E-state index >= 15 is 0 Å². The summed E-state index contributed by atoms with van der Waals surface area (Å²) in [4.78, 5) is 11.5. The van der Waals surface area contributed by atoms with Crippen LogP contribution in [0.15, 0.2) is 0 Å². The molecule has 0 aliphatic heterocycles. The number of unbranched alkanes of at least 4 members (excludes halogenated alkanes) is 2. The van der Waals surface area contributed by atoms with Crippen LogP contribution in [0.25, 0.3) is 0 Å². The van der Waals surface area contributed by atoms with Gasteiger partial charge in [-0.2, -0.15) is 0 Å². The van der Waals surface area contributed by atoms with Crippen molar-refractivity contribution in [2.45, 2.75) is 71.1 Å². The van der Waals surface area contributed by atoms with Gasteiger partial charge in [-0.3, -0.25) is 4.79 Å². The van der Waals surface area contributed by atoms with E-state index in [0.717, 1.165) is 19.3 Å². The van der Waals surface area contributed by atoms with Gasteiger partial charge in [0, 0.05) is 5.41 Å². The Morgan fingerprint density at radius 3 is 2.06 bits per heavy atom. The number of fused-ring (bicyclic) bond motifs is 3. The molecule has 3 rings (SSSR count). The van der Waals surface area contributed by atoms with Crippen LogP contribution in [-0.4, -0.2) is 5.24 Å². The maximum atomic E-state index is 11.5. The van der Waals surface area contributed by atoms with E-state index in [1.54, 1.807) is 0 Å². The molecule has 3 fully saturated rings. The summed E-state index contributed by atoms with van der Waals surface area (Å²) in [6.07, 6.45) is 12.3. The monoisotopic (exact) mass is 242 g/mol. The molecule has 1 nitrogen and oxygen atoms in total. The second kappa shape index (κ2) is 4.68. The fraction of sp³-hybridized carbons (Fsp3) is 0.929. The Morgan fingerprint density at radius 2 is 1.62 bits per heavy atom. The molecule has 2 bridgehead atoms. The summed E-state index contributed by atoms with van der Waals surface area (Å²) in [7, 11) is 0. The van der Waals surface area contributed by atoms with E-state index in [1.165, 1.54) is 44.9 Å². The summed E-state index contributed by atoms with van der Waals surface area (Å²) in [5, 5.41) is -0.0608. The number of rotatable bonds is 5. The first kappa shape index (κ1) is 12.4. The molecule has 0 spiro atoms.